The predicted octanol–water partition coefficient (Wildman–Crippen LogP) is -1.58. The average Bonchev–Trinajstić information content (AvgIpc) is 2.88. The van der Waals surface area contributed by atoms with E-state index in [2.05, 4.69) is 20.5 Å². The van der Waals surface area contributed by atoms with Crippen molar-refractivity contribution in [1.82, 2.24) is 25.2 Å². The molecule has 20 heavy (non-hydrogen) atoms. The first-order valence-corrected chi connectivity index (χ1v) is 6.35. The summed E-state index contributed by atoms with van der Waals surface area (Å²) in [5.41, 5.74) is -0.175. The van der Waals surface area contributed by atoms with Crippen LogP contribution in [-0.2, 0) is 16.1 Å². The molecule has 1 amide bonds. The molecule has 1 fully saturated rings. The Morgan fingerprint density at radius 1 is 1.40 bits per heavy atom. The molecule has 0 unspecified atom stereocenters. The Kier molecular flexibility index (Phi) is 5.02. The molecule has 110 valence electrons. The van der Waals surface area contributed by atoms with Crippen molar-refractivity contribution in [3.05, 3.63) is 11.9 Å². The van der Waals surface area contributed by atoms with Crippen molar-refractivity contribution in [2.75, 3.05) is 39.4 Å². The molecular weight excluding hydrogens is 266 g/mol. The molecule has 1 aromatic rings. The number of amides is 1. The molecule has 9 nitrogen and oxygen atoms in total. The van der Waals surface area contributed by atoms with E-state index in [-0.39, 0.29) is 18.1 Å². The quantitative estimate of drug-likeness (QED) is 0.648. The normalized spacial score (nSPS) is 16.0. The third-order valence-corrected chi connectivity index (χ3v) is 2.92. The number of aromatic carboxylic acids is 1. The zero-order chi connectivity index (χ0) is 14.4. The minimum atomic E-state index is -1.16. The Balaban J connectivity index is 1.67. The molecular formula is C11H17N5O4. The van der Waals surface area contributed by atoms with Crippen LogP contribution in [0.1, 0.15) is 10.5 Å². The van der Waals surface area contributed by atoms with Crippen LogP contribution in [0.25, 0.3) is 0 Å². The van der Waals surface area contributed by atoms with Gasteiger partial charge in [0.15, 0.2) is 5.69 Å². The molecule has 0 aromatic carbocycles. The zero-order valence-corrected chi connectivity index (χ0v) is 11.0. The molecule has 0 spiro atoms. The SMILES string of the molecule is O=C(Cn1cc(C(=O)O)nn1)NCCN1CCOCC1. The lowest BCUT2D eigenvalue weighted by atomic mass is 10.4. The topological polar surface area (TPSA) is 110 Å². The van der Waals surface area contributed by atoms with Crippen LogP contribution in [0.15, 0.2) is 6.20 Å². The van der Waals surface area contributed by atoms with Crippen LogP contribution < -0.4 is 5.32 Å². The van der Waals surface area contributed by atoms with E-state index in [0.717, 1.165) is 32.8 Å². The van der Waals surface area contributed by atoms with Gasteiger partial charge in [-0.15, -0.1) is 5.10 Å². The number of nitrogens with one attached hydrogen (secondary N) is 1. The van der Waals surface area contributed by atoms with Crippen molar-refractivity contribution in [2.24, 2.45) is 0 Å². The van der Waals surface area contributed by atoms with Gasteiger partial charge in [-0.25, -0.2) is 9.48 Å². The number of hydrogen-bond donors (Lipinski definition) is 2. The van der Waals surface area contributed by atoms with Crippen LogP contribution in [0.3, 0.4) is 0 Å². The fraction of sp³-hybridized carbons (Fsp3) is 0.636. The average molecular weight is 283 g/mol. The molecule has 2 N–H and O–H groups in total. The summed E-state index contributed by atoms with van der Waals surface area (Å²) >= 11 is 0. The van der Waals surface area contributed by atoms with Crippen molar-refractivity contribution in [3.8, 4) is 0 Å². The van der Waals surface area contributed by atoms with E-state index in [1.165, 1.54) is 10.9 Å². The molecule has 2 rings (SSSR count). The summed E-state index contributed by atoms with van der Waals surface area (Å²) in [5, 5.41) is 18.5. The van der Waals surface area contributed by atoms with Crippen LogP contribution in [0.5, 0.6) is 0 Å². The van der Waals surface area contributed by atoms with E-state index in [0.29, 0.717) is 6.54 Å². The number of hydrogen-bond acceptors (Lipinski definition) is 6. The van der Waals surface area contributed by atoms with Gasteiger partial charge in [0.1, 0.15) is 6.54 Å². The van der Waals surface area contributed by atoms with Gasteiger partial charge in [-0.1, -0.05) is 5.21 Å². The van der Waals surface area contributed by atoms with Gasteiger partial charge in [0.25, 0.3) is 0 Å². The highest BCUT2D eigenvalue weighted by Gasteiger charge is 2.12. The summed E-state index contributed by atoms with van der Waals surface area (Å²) < 4.78 is 6.43. The number of rotatable bonds is 6. The van der Waals surface area contributed by atoms with Crippen LogP contribution >= 0.6 is 0 Å². The molecule has 0 aliphatic carbocycles. The van der Waals surface area contributed by atoms with E-state index in [9.17, 15) is 9.59 Å². The fourth-order valence-electron chi connectivity index (χ4n) is 1.85. The molecule has 2 heterocycles. The van der Waals surface area contributed by atoms with Gasteiger partial charge >= 0.3 is 5.97 Å². The zero-order valence-electron chi connectivity index (χ0n) is 11.0. The summed E-state index contributed by atoms with van der Waals surface area (Å²) in [6.07, 6.45) is 1.23. The van der Waals surface area contributed by atoms with Crippen molar-refractivity contribution < 1.29 is 19.4 Å². The van der Waals surface area contributed by atoms with E-state index in [4.69, 9.17) is 9.84 Å². The number of aromatic nitrogens is 3. The second-order valence-corrected chi connectivity index (χ2v) is 4.41. The molecule has 0 saturated carbocycles. The highest BCUT2D eigenvalue weighted by molar-refractivity contribution is 5.84. The van der Waals surface area contributed by atoms with Gasteiger partial charge in [0.05, 0.1) is 19.4 Å². The van der Waals surface area contributed by atoms with Crippen LogP contribution in [0.4, 0.5) is 0 Å². The van der Waals surface area contributed by atoms with E-state index in [1.807, 2.05) is 0 Å². The maximum atomic E-state index is 11.6. The lowest BCUT2D eigenvalue weighted by Gasteiger charge is -2.26. The Labute approximate surface area is 115 Å². The predicted molar refractivity (Wildman–Crippen MR) is 67.3 cm³/mol. The van der Waals surface area contributed by atoms with Gasteiger partial charge in [-0.2, -0.15) is 0 Å². The molecule has 1 aliphatic rings. The lowest BCUT2D eigenvalue weighted by Crippen LogP contribution is -2.41. The standard InChI is InChI=1S/C11H17N5O4/c17-10(8-16-7-9(11(18)19)13-14-16)12-1-2-15-3-5-20-6-4-15/h7H,1-6,8H2,(H,12,17)(H,18,19). The number of carbonyl (C=O) groups is 2. The summed E-state index contributed by atoms with van der Waals surface area (Å²) in [5.74, 6) is -1.39. The van der Waals surface area contributed by atoms with Gasteiger partial charge in [0, 0.05) is 26.2 Å². The lowest BCUT2D eigenvalue weighted by molar-refractivity contribution is -0.121. The highest BCUT2D eigenvalue weighted by atomic mass is 16.5. The second-order valence-electron chi connectivity index (χ2n) is 4.41. The van der Waals surface area contributed by atoms with Crippen molar-refractivity contribution in [1.29, 1.82) is 0 Å². The number of carbonyl (C=O) groups excluding carboxylic acids is 1. The number of carboxylic acids is 1. The van der Waals surface area contributed by atoms with E-state index in [1.54, 1.807) is 0 Å². The first-order chi connectivity index (χ1) is 9.65. The molecule has 0 atom stereocenters. The van der Waals surface area contributed by atoms with Crippen molar-refractivity contribution >= 4 is 11.9 Å². The molecule has 9 heteroatoms. The largest absolute Gasteiger partial charge is 0.476 e. The maximum absolute atomic E-state index is 11.6. The van der Waals surface area contributed by atoms with E-state index >= 15 is 0 Å². The Morgan fingerprint density at radius 3 is 2.80 bits per heavy atom. The molecule has 1 saturated heterocycles. The van der Waals surface area contributed by atoms with Crippen molar-refractivity contribution in [3.63, 3.8) is 0 Å². The Morgan fingerprint density at radius 2 is 2.15 bits per heavy atom. The first kappa shape index (κ1) is 14.4. The summed E-state index contributed by atoms with van der Waals surface area (Å²) in [4.78, 5) is 24.5. The van der Waals surface area contributed by atoms with Crippen LogP contribution in [0.2, 0.25) is 0 Å². The minimum Gasteiger partial charge on any atom is -0.476 e. The highest BCUT2D eigenvalue weighted by Crippen LogP contribution is 1.95. The van der Waals surface area contributed by atoms with Gasteiger partial charge in [0.2, 0.25) is 5.91 Å². The molecule has 0 radical (unpaired) electrons. The first-order valence-electron chi connectivity index (χ1n) is 6.35. The second kappa shape index (κ2) is 6.96. The molecule has 1 aliphatic heterocycles. The van der Waals surface area contributed by atoms with Gasteiger partial charge in [-0.05, 0) is 0 Å². The van der Waals surface area contributed by atoms with E-state index < -0.39 is 5.97 Å². The monoisotopic (exact) mass is 283 g/mol. The summed E-state index contributed by atoms with van der Waals surface area (Å²) in [7, 11) is 0. The Bertz CT molecular complexity index is 469. The summed E-state index contributed by atoms with van der Waals surface area (Å²) in [6, 6.07) is 0. The number of carboxylic acid groups (broad SMARTS) is 1. The number of morpholine rings is 1. The van der Waals surface area contributed by atoms with Gasteiger partial charge in [-0.3, -0.25) is 9.69 Å². The van der Waals surface area contributed by atoms with Gasteiger partial charge < -0.3 is 15.2 Å². The fourth-order valence-corrected chi connectivity index (χ4v) is 1.85. The minimum absolute atomic E-state index is 0.0383. The molecule has 1 aromatic heterocycles. The number of nitrogens with zero attached hydrogens (tertiary/aromatic N) is 4. The number of ether oxygens (including phenoxy) is 1. The van der Waals surface area contributed by atoms with Crippen molar-refractivity contribution in [2.45, 2.75) is 6.54 Å². The third-order valence-electron chi connectivity index (χ3n) is 2.92. The smallest absolute Gasteiger partial charge is 0.358 e. The van der Waals surface area contributed by atoms with Crippen LogP contribution in [-0.4, -0.2) is 76.3 Å². The third kappa shape index (κ3) is 4.28. The maximum Gasteiger partial charge on any atom is 0.358 e. The molecule has 0 bridgehead atoms. The Hall–Kier alpha value is -2.00. The summed E-state index contributed by atoms with van der Waals surface area (Å²) in [6.45, 7) is 4.48. The van der Waals surface area contributed by atoms with Crippen LogP contribution in [0, 0.1) is 0 Å².